The van der Waals surface area contributed by atoms with E-state index >= 15 is 0 Å². The molecule has 0 N–H and O–H groups in total. The average molecular weight is 579 g/mol. The van der Waals surface area contributed by atoms with Crippen LogP contribution in [0.25, 0.3) is 32.6 Å². The third kappa shape index (κ3) is 5.31. The summed E-state index contributed by atoms with van der Waals surface area (Å²) < 4.78 is 0. The Morgan fingerprint density at radius 2 is 0.884 bits per heavy atom. The van der Waals surface area contributed by atoms with Crippen molar-refractivity contribution in [3.63, 3.8) is 0 Å². The zero-order valence-electron chi connectivity index (χ0n) is 27.0. The number of rotatable bonds is 10. The monoisotopic (exact) mass is 578 g/mol. The van der Waals surface area contributed by atoms with Crippen LogP contribution in [0.2, 0.25) is 13.1 Å². The Kier molecular flexibility index (Phi) is 8.47. The lowest BCUT2D eigenvalue weighted by Crippen LogP contribution is -2.32. The quantitative estimate of drug-likeness (QED) is 0.164. The third-order valence-corrected chi connectivity index (χ3v) is 13.3. The lowest BCUT2D eigenvalue weighted by atomic mass is 9.96. The second kappa shape index (κ2) is 12.3. The highest BCUT2D eigenvalue weighted by molar-refractivity contribution is 7.09. The molecule has 0 atom stereocenters. The topological polar surface area (TPSA) is 0 Å². The highest BCUT2D eigenvalue weighted by Gasteiger charge is 2.43. The molecule has 0 bridgehead atoms. The normalized spacial score (nSPS) is 14.5. The molecule has 0 saturated heterocycles. The molecule has 4 aromatic rings. The molecule has 43 heavy (non-hydrogen) atoms. The van der Waals surface area contributed by atoms with Crippen LogP contribution < -0.4 is 0 Å². The first-order chi connectivity index (χ1) is 20.9. The number of aryl methyl sites for hydroxylation is 2. The van der Waals surface area contributed by atoms with Gasteiger partial charge in [0.05, 0.1) is 0 Å². The second-order valence-corrected chi connectivity index (χ2v) is 17.1. The van der Waals surface area contributed by atoms with Crippen molar-refractivity contribution in [3.05, 3.63) is 142 Å². The Balaban J connectivity index is 1.57. The molecule has 0 fully saturated rings. The lowest BCUT2D eigenvalue weighted by Gasteiger charge is -2.33. The van der Waals surface area contributed by atoms with Gasteiger partial charge in [0.2, 0.25) is 0 Å². The molecule has 0 nitrogen and oxygen atoms in total. The summed E-state index contributed by atoms with van der Waals surface area (Å²) in [5.41, 5.74) is 17.2. The smallest absolute Gasteiger partial charge is 0.0651 e. The fourth-order valence-corrected chi connectivity index (χ4v) is 11.6. The van der Waals surface area contributed by atoms with Crippen molar-refractivity contribution in [1.82, 2.24) is 0 Å². The highest BCUT2D eigenvalue weighted by atomic mass is 28.3. The molecule has 0 aliphatic heterocycles. The van der Waals surface area contributed by atoms with E-state index in [0.717, 1.165) is 38.5 Å². The maximum atomic E-state index is 2.64. The van der Waals surface area contributed by atoms with E-state index in [2.05, 4.69) is 139 Å². The molecule has 0 spiro atoms. The van der Waals surface area contributed by atoms with Crippen LogP contribution >= 0.6 is 0 Å². The van der Waals surface area contributed by atoms with Crippen molar-refractivity contribution >= 4 is 18.5 Å². The molecule has 2 aliphatic carbocycles. The first kappa shape index (κ1) is 29.6. The summed E-state index contributed by atoms with van der Waals surface area (Å²) in [6.07, 6.45) is 11.8. The van der Waals surface area contributed by atoms with Crippen molar-refractivity contribution in [3.8, 4) is 22.3 Å². The van der Waals surface area contributed by atoms with E-state index in [1.165, 1.54) is 55.6 Å². The van der Waals surface area contributed by atoms with Crippen LogP contribution in [0.15, 0.2) is 96.1 Å². The van der Waals surface area contributed by atoms with Crippen LogP contribution in [0.4, 0.5) is 0 Å². The van der Waals surface area contributed by atoms with Gasteiger partial charge in [0.1, 0.15) is 8.07 Å². The molecule has 0 aromatic heterocycles. The van der Waals surface area contributed by atoms with E-state index in [4.69, 9.17) is 0 Å². The van der Waals surface area contributed by atoms with Crippen LogP contribution in [0.3, 0.4) is 0 Å². The van der Waals surface area contributed by atoms with Crippen molar-refractivity contribution in [1.29, 1.82) is 0 Å². The van der Waals surface area contributed by atoms with E-state index in [9.17, 15) is 0 Å². The zero-order valence-corrected chi connectivity index (χ0v) is 28.0. The van der Waals surface area contributed by atoms with Crippen LogP contribution in [-0.4, -0.2) is 8.07 Å². The van der Waals surface area contributed by atoms with E-state index in [-0.39, 0.29) is 0 Å². The maximum Gasteiger partial charge on any atom is 0.113 e. The van der Waals surface area contributed by atoms with Crippen LogP contribution in [0, 0.1) is 12.8 Å². The predicted octanol–water partition coefficient (Wildman–Crippen LogP) is 11.9. The fraction of sp³-hybridized carbons (Fsp3) is 0.286. The summed E-state index contributed by atoms with van der Waals surface area (Å²) in [7, 11) is -2.21. The Morgan fingerprint density at radius 1 is 0.488 bits per heavy atom. The minimum atomic E-state index is -2.21. The molecule has 0 amide bonds. The van der Waals surface area contributed by atoms with Crippen LogP contribution in [0.5, 0.6) is 0 Å². The Morgan fingerprint density at radius 3 is 1.23 bits per heavy atom. The summed E-state index contributed by atoms with van der Waals surface area (Å²) >= 11 is 0. The molecule has 2 aliphatic rings. The molecule has 0 heterocycles. The zero-order chi connectivity index (χ0) is 30.1. The van der Waals surface area contributed by atoms with E-state index < -0.39 is 8.07 Å². The van der Waals surface area contributed by atoms with E-state index in [1.54, 1.807) is 21.5 Å². The van der Waals surface area contributed by atoms with Gasteiger partial charge in [0.15, 0.2) is 0 Å². The molecular formula is C42H46Si. The Labute approximate surface area is 261 Å². The van der Waals surface area contributed by atoms with Gasteiger partial charge in [-0.2, -0.15) is 0 Å². The summed E-state index contributed by atoms with van der Waals surface area (Å²) in [6, 6.07) is 32.6. The number of fused-ring (bicyclic) bond motifs is 2. The molecular weight excluding hydrogens is 533 g/mol. The number of allylic oxidation sites excluding steroid dienone is 2. The standard InChI is InChI=1S/C42H46Si/c1-7-13-35-27-33-15-11-17-37(31-23-19-29(9-3)20-24-31)39(33)41(35)43(5,6)42-36(14-8-2)28-34-16-12-18-38(40(34)42)32-25-21-30(10-4)22-26-32/h11-12,15-28H,7-10,13-14H2,1-6H3. The Bertz CT molecular complexity index is 1570. The number of hydrogen-bond donors (Lipinski definition) is 0. The lowest BCUT2D eigenvalue weighted by molar-refractivity contribution is 0.921. The van der Waals surface area contributed by atoms with Gasteiger partial charge in [-0.25, -0.2) is 0 Å². The van der Waals surface area contributed by atoms with Gasteiger partial charge in [-0.1, -0.05) is 150 Å². The second-order valence-electron chi connectivity index (χ2n) is 12.9. The summed E-state index contributed by atoms with van der Waals surface area (Å²) in [5, 5.41) is 3.31. The van der Waals surface area contributed by atoms with Gasteiger partial charge in [-0.15, -0.1) is 0 Å². The van der Waals surface area contributed by atoms with Gasteiger partial charge in [-0.3, -0.25) is 0 Å². The van der Waals surface area contributed by atoms with E-state index in [0.29, 0.717) is 0 Å². The molecule has 0 unspecified atom stereocenters. The van der Waals surface area contributed by atoms with Crippen molar-refractivity contribution in [2.45, 2.75) is 79.3 Å². The van der Waals surface area contributed by atoms with Gasteiger partial charge in [0.25, 0.3) is 0 Å². The van der Waals surface area contributed by atoms with Crippen LogP contribution in [0.1, 0.15) is 86.8 Å². The van der Waals surface area contributed by atoms with Gasteiger partial charge in [-0.05, 0) is 91.7 Å². The average Bonchev–Trinajstić information content (AvgIpc) is 3.60. The fourth-order valence-electron chi connectivity index (χ4n) is 7.59. The molecule has 1 heteroatoms. The highest BCUT2D eigenvalue weighted by Crippen LogP contribution is 2.54. The van der Waals surface area contributed by atoms with Gasteiger partial charge in [0, 0.05) is 12.8 Å². The first-order valence-corrected chi connectivity index (χ1v) is 19.5. The number of benzene rings is 4. The summed E-state index contributed by atoms with van der Waals surface area (Å²) in [5.74, 6) is 0. The van der Waals surface area contributed by atoms with E-state index in [1.807, 2.05) is 0 Å². The summed E-state index contributed by atoms with van der Waals surface area (Å²) in [4.78, 5) is 0. The summed E-state index contributed by atoms with van der Waals surface area (Å²) in [6.45, 7) is 14.4. The van der Waals surface area contributed by atoms with Gasteiger partial charge < -0.3 is 0 Å². The van der Waals surface area contributed by atoms with Crippen molar-refractivity contribution < 1.29 is 0 Å². The van der Waals surface area contributed by atoms with Crippen molar-refractivity contribution in [2.75, 3.05) is 0 Å². The predicted molar refractivity (Wildman–Crippen MR) is 190 cm³/mol. The number of hydrogen-bond acceptors (Lipinski definition) is 0. The molecule has 4 aromatic carbocycles. The molecule has 218 valence electrons. The van der Waals surface area contributed by atoms with Crippen LogP contribution in [-0.2, 0) is 12.8 Å². The van der Waals surface area contributed by atoms with Gasteiger partial charge >= 0.3 is 0 Å². The molecule has 0 saturated carbocycles. The van der Waals surface area contributed by atoms with Crippen molar-refractivity contribution in [2.24, 2.45) is 0 Å². The Hall–Kier alpha value is -3.42. The first-order valence-electron chi connectivity index (χ1n) is 16.5. The molecule has 2 radical (unpaired) electrons. The molecule has 6 rings (SSSR count). The SMILES string of the molecule is CCCC1=C([Si](C)(C)C2=C(CCC)[CH]c3cccc(-c4ccc(CC)cc4)c32)c2c(cccc2-c2ccc(CC)cc2)[CH]1. The maximum absolute atomic E-state index is 2.64. The minimum absolute atomic E-state index is 1.07. The minimum Gasteiger partial charge on any atom is -0.0651 e. The third-order valence-electron chi connectivity index (χ3n) is 9.63. The largest absolute Gasteiger partial charge is 0.113 e.